The van der Waals surface area contributed by atoms with Crippen molar-refractivity contribution in [1.82, 2.24) is 24.9 Å². The van der Waals surface area contributed by atoms with E-state index in [1.807, 2.05) is 13.8 Å². The van der Waals surface area contributed by atoms with Crippen molar-refractivity contribution in [2.24, 2.45) is 0 Å². The molecule has 11 heteroatoms. The van der Waals surface area contributed by atoms with Crippen LogP contribution in [0.5, 0.6) is 0 Å². The maximum absolute atomic E-state index is 12.4. The maximum Gasteiger partial charge on any atom is 0.312 e. The molecule has 0 bridgehead atoms. The smallest absolute Gasteiger partial charge is 0.312 e. The molecule has 0 aliphatic carbocycles. The molecule has 0 saturated carbocycles. The van der Waals surface area contributed by atoms with Crippen molar-refractivity contribution in [3.05, 3.63) is 33.4 Å². The molecular formula is C17H25N7O4. The van der Waals surface area contributed by atoms with Crippen LogP contribution in [0.1, 0.15) is 48.6 Å². The monoisotopic (exact) mass is 391 g/mol. The van der Waals surface area contributed by atoms with Gasteiger partial charge in [-0.05, 0) is 27.2 Å². The lowest BCUT2D eigenvalue weighted by atomic mass is 10.3. The molecule has 2 aromatic rings. The van der Waals surface area contributed by atoms with Gasteiger partial charge in [0, 0.05) is 25.7 Å². The first-order valence-corrected chi connectivity index (χ1v) is 9.12. The van der Waals surface area contributed by atoms with E-state index in [-0.39, 0.29) is 36.2 Å². The second-order valence-electron chi connectivity index (χ2n) is 6.30. The molecule has 2 rings (SSSR count). The Morgan fingerprint density at radius 3 is 2.54 bits per heavy atom. The van der Waals surface area contributed by atoms with Gasteiger partial charge in [-0.1, -0.05) is 6.92 Å². The molecule has 11 nitrogen and oxygen atoms in total. The number of nitro groups is 1. The van der Waals surface area contributed by atoms with E-state index in [1.54, 1.807) is 24.7 Å². The fourth-order valence-electron chi connectivity index (χ4n) is 2.75. The van der Waals surface area contributed by atoms with Crippen molar-refractivity contribution < 1.29 is 14.5 Å². The van der Waals surface area contributed by atoms with Crippen molar-refractivity contribution in [3.63, 3.8) is 0 Å². The molecule has 2 amide bonds. The van der Waals surface area contributed by atoms with Crippen LogP contribution in [0.15, 0.2) is 6.20 Å². The van der Waals surface area contributed by atoms with E-state index in [2.05, 4.69) is 20.8 Å². The summed E-state index contributed by atoms with van der Waals surface area (Å²) in [6.07, 6.45) is 2.44. The molecular weight excluding hydrogens is 366 g/mol. The predicted molar refractivity (Wildman–Crippen MR) is 102 cm³/mol. The first-order chi connectivity index (χ1) is 13.3. The molecule has 152 valence electrons. The molecule has 2 N–H and O–H groups in total. The Hall–Kier alpha value is -3.24. The van der Waals surface area contributed by atoms with Crippen LogP contribution < -0.4 is 10.6 Å². The molecule has 0 aliphatic heterocycles. The molecule has 0 radical (unpaired) electrons. The highest BCUT2D eigenvalue weighted by molar-refractivity contribution is 6.02. The van der Waals surface area contributed by atoms with E-state index >= 15 is 0 Å². The second kappa shape index (κ2) is 9.11. The molecule has 0 atom stereocenters. The number of aromatic nitrogens is 4. The molecule has 0 fully saturated rings. The second-order valence-corrected chi connectivity index (χ2v) is 6.30. The summed E-state index contributed by atoms with van der Waals surface area (Å²) in [5.41, 5.74) is 1.15. The summed E-state index contributed by atoms with van der Waals surface area (Å²) < 4.78 is 3.01. The Morgan fingerprint density at radius 2 is 1.96 bits per heavy atom. The zero-order chi connectivity index (χ0) is 20.8. The lowest BCUT2D eigenvalue weighted by Crippen LogP contribution is -2.26. The van der Waals surface area contributed by atoms with Crippen molar-refractivity contribution in [2.45, 2.75) is 53.6 Å². The number of nitrogens with zero attached hydrogens (tertiary/aromatic N) is 5. The summed E-state index contributed by atoms with van der Waals surface area (Å²) >= 11 is 0. The standard InChI is InChI=1S/C17H25N7O4/c1-5-8-18-17(26)15-13(10-22(6-2)21-15)19-14(25)7-9-23-12(4)16(24(27)28)11(3)20-23/h10H,5-9H2,1-4H3,(H,18,26)(H,19,25). The van der Waals surface area contributed by atoms with Gasteiger partial charge in [0.15, 0.2) is 5.69 Å². The minimum Gasteiger partial charge on any atom is -0.351 e. The van der Waals surface area contributed by atoms with Gasteiger partial charge in [-0.15, -0.1) is 0 Å². The highest BCUT2D eigenvalue weighted by atomic mass is 16.6. The first kappa shape index (κ1) is 21.1. The van der Waals surface area contributed by atoms with Gasteiger partial charge >= 0.3 is 5.69 Å². The van der Waals surface area contributed by atoms with Crippen molar-refractivity contribution >= 4 is 23.2 Å². The summed E-state index contributed by atoms with van der Waals surface area (Å²) in [5, 5.41) is 24.8. The molecule has 0 saturated heterocycles. The normalized spacial score (nSPS) is 10.7. The summed E-state index contributed by atoms with van der Waals surface area (Å²) in [4.78, 5) is 35.2. The van der Waals surface area contributed by atoms with E-state index < -0.39 is 4.92 Å². The lowest BCUT2D eigenvalue weighted by molar-refractivity contribution is -0.386. The van der Waals surface area contributed by atoms with Crippen molar-refractivity contribution in [2.75, 3.05) is 11.9 Å². The number of amides is 2. The van der Waals surface area contributed by atoms with Crippen LogP contribution in [0, 0.1) is 24.0 Å². The number of anilines is 1. The number of hydrogen-bond donors (Lipinski definition) is 2. The number of aryl methyl sites for hydroxylation is 3. The van der Waals surface area contributed by atoms with Gasteiger partial charge in [0.05, 0.1) is 17.2 Å². The van der Waals surface area contributed by atoms with E-state index in [0.717, 1.165) is 6.42 Å². The lowest BCUT2D eigenvalue weighted by Gasteiger charge is -2.07. The number of rotatable bonds is 9. The van der Waals surface area contributed by atoms with Crippen molar-refractivity contribution in [3.8, 4) is 0 Å². The van der Waals surface area contributed by atoms with Crippen LogP contribution in [0.25, 0.3) is 0 Å². The molecule has 0 unspecified atom stereocenters. The fourth-order valence-corrected chi connectivity index (χ4v) is 2.75. The highest BCUT2D eigenvalue weighted by Gasteiger charge is 2.22. The van der Waals surface area contributed by atoms with Crippen LogP contribution >= 0.6 is 0 Å². The van der Waals surface area contributed by atoms with Crippen LogP contribution in [0.3, 0.4) is 0 Å². The van der Waals surface area contributed by atoms with Crippen LogP contribution in [-0.4, -0.2) is 42.8 Å². The zero-order valence-electron chi connectivity index (χ0n) is 16.5. The van der Waals surface area contributed by atoms with E-state index in [1.165, 1.54) is 4.68 Å². The molecule has 0 spiro atoms. The third kappa shape index (κ3) is 4.72. The van der Waals surface area contributed by atoms with Gasteiger partial charge in [-0.2, -0.15) is 10.2 Å². The summed E-state index contributed by atoms with van der Waals surface area (Å²) in [6, 6.07) is 0. The molecule has 28 heavy (non-hydrogen) atoms. The Bertz CT molecular complexity index is 884. The quantitative estimate of drug-likeness (QED) is 0.494. The van der Waals surface area contributed by atoms with E-state index in [9.17, 15) is 19.7 Å². The highest BCUT2D eigenvalue weighted by Crippen LogP contribution is 2.22. The average molecular weight is 391 g/mol. The van der Waals surface area contributed by atoms with Gasteiger partial charge in [0.25, 0.3) is 5.91 Å². The molecule has 2 aromatic heterocycles. The number of carbonyl (C=O) groups is 2. The first-order valence-electron chi connectivity index (χ1n) is 9.12. The summed E-state index contributed by atoms with van der Waals surface area (Å²) in [5.74, 6) is -0.686. The van der Waals surface area contributed by atoms with Crippen LogP contribution in [-0.2, 0) is 17.9 Å². The average Bonchev–Trinajstić information content (AvgIpc) is 3.18. The maximum atomic E-state index is 12.4. The van der Waals surface area contributed by atoms with Gasteiger partial charge in [-0.3, -0.25) is 29.1 Å². The summed E-state index contributed by atoms with van der Waals surface area (Å²) in [7, 11) is 0. The van der Waals surface area contributed by atoms with E-state index in [4.69, 9.17) is 0 Å². The fraction of sp³-hybridized carbons (Fsp3) is 0.529. The third-order valence-corrected chi connectivity index (χ3v) is 4.19. The minimum atomic E-state index is -0.478. The SMILES string of the molecule is CCCNC(=O)c1nn(CC)cc1NC(=O)CCn1nc(C)c([N+](=O)[O-])c1C. The third-order valence-electron chi connectivity index (χ3n) is 4.19. The van der Waals surface area contributed by atoms with Gasteiger partial charge < -0.3 is 10.6 Å². The van der Waals surface area contributed by atoms with Crippen molar-refractivity contribution in [1.29, 1.82) is 0 Å². The summed E-state index contributed by atoms with van der Waals surface area (Å²) in [6.45, 7) is 8.23. The Balaban J connectivity index is 2.07. The minimum absolute atomic E-state index is 0.0421. The molecule has 2 heterocycles. The zero-order valence-corrected chi connectivity index (χ0v) is 16.5. The number of hydrogen-bond acceptors (Lipinski definition) is 6. The predicted octanol–water partition coefficient (Wildman–Crippen LogP) is 1.79. The number of nitrogens with one attached hydrogen (secondary N) is 2. The Morgan fingerprint density at radius 1 is 1.25 bits per heavy atom. The van der Waals surface area contributed by atoms with Gasteiger partial charge in [-0.25, -0.2) is 0 Å². The van der Waals surface area contributed by atoms with E-state index in [0.29, 0.717) is 30.2 Å². The van der Waals surface area contributed by atoms with Gasteiger partial charge in [0.2, 0.25) is 5.91 Å². The Kier molecular flexibility index (Phi) is 6.85. The topological polar surface area (TPSA) is 137 Å². The largest absolute Gasteiger partial charge is 0.351 e. The van der Waals surface area contributed by atoms with Gasteiger partial charge in [0.1, 0.15) is 11.4 Å². The molecule has 0 aliphatic rings. The van der Waals surface area contributed by atoms with Crippen LogP contribution in [0.4, 0.5) is 11.4 Å². The molecule has 0 aromatic carbocycles. The Labute approximate surface area is 162 Å². The number of carbonyl (C=O) groups excluding carboxylic acids is 2. The van der Waals surface area contributed by atoms with Crippen LogP contribution in [0.2, 0.25) is 0 Å².